The van der Waals surface area contributed by atoms with Gasteiger partial charge in [-0.05, 0) is 17.7 Å². The Bertz CT molecular complexity index is 798. The average Bonchev–Trinajstić information content (AvgIpc) is 2.76. The summed E-state index contributed by atoms with van der Waals surface area (Å²) < 4.78 is 1.73. The Kier molecular flexibility index (Phi) is 3.78. The molecule has 0 radical (unpaired) electrons. The summed E-state index contributed by atoms with van der Waals surface area (Å²) in [4.78, 5) is 8.48. The first-order valence-electron chi connectivity index (χ1n) is 5.67. The summed E-state index contributed by atoms with van der Waals surface area (Å²) in [5.74, 6) is 0.735. The molecule has 3 aromatic rings. The predicted octanol–water partition coefficient (Wildman–Crippen LogP) is 4.93. The van der Waals surface area contributed by atoms with Gasteiger partial charge in [0.1, 0.15) is 16.1 Å². The van der Waals surface area contributed by atoms with Crippen molar-refractivity contribution in [3.8, 4) is 0 Å². The lowest BCUT2D eigenvalue weighted by Crippen LogP contribution is -1.99. The zero-order valence-electron chi connectivity index (χ0n) is 9.95. The summed E-state index contributed by atoms with van der Waals surface area (Å²) in [5.41, 5.74) is 1.51. The summed E-state index contributed by atoms with van der Waals surface area (Å²) in [6, 6.07) is 6.92. The smallest absolute Gasteiger partial charge is 0.159 e. The van der Waals surface area contributed by atoms with Crippen molar-refractivity contribution < 1.29 is 0 Å². The van der Waals surface area contributed by atoms with E-state index in [-0.39, 0.29) is 0 Å². The van der Waals surface area contributed by atoms with Gasteiger partial charge in [-0.15, -0.1) is 0 Å². The van der Waals surface area contributed by atoms with Crippen molar-refractivity contribution in [2.24, 2.45) is 0 Å². The van der Waals surface area contributed by atoms with Gasteiger partial charge < -0.3 is 0 Å². The summed E-state index contributed by atoms with van der Waals surface area (Å²) in [5, 5.41) is 1.97. The Labute approximate surface area is 135 Å². The first kappa shape index (κ1) is 14.0. The molecule has 3 rings (SSSR count). The van der Waals surface area contributed by atoms with Crippen molar-refractivity contribution in [2.45, 2.75) is 6.42 Å². The van der Waals surface area contributed by atoms with Crippen molar-refractivity contribution in [3.63, 3.8) is 0 Å². The van der Waals surface area contributed by atoms with Crippen LogP contribution in [0.25, 0.3) is 5.65 Å². The second kappa shape index (κ2) is 5.41. The van der Waals surface area contributed by atoms with Gasteiger partial charge in [0, 0.05) is 22.5 Å². The van der Waals surface area contributed by atoms with Gasteiger partial charge in [0.2, 0.25) is 0 Å². The van der Waals surface area contributed by atoms with Gasteiger partial charge in [0.25, 0.3) is 0 Å². The van der Waals surface area contributed by atoms with E-state index in [1.807, 2.05) is 6.07 Å². The van der Waals surface area contributed by atoms with Crippen LogP contribution in [0.2, 0.25) is 20.4 Å². The van der Waals surface area contributed by atoms with Gasteiger partial charge in [-0.2, -0.15) is 0 Å². The number of imidazole rings is 1. The fourth-order valence-corrected chi connectivity index (χ4v) is 2.96. The highest BCUT2D eigenvalue weighted by molar-refractivity contribution is 6.35. The number of rotatable bonds is 2. The third-order valence-corrected chi connectivity index (χ3v) is 3.91. The summed E-state index contributed by atoms with van der Waals surface area (Å²) >= 11 is 24.1. The second-order valence-electron chi connectivity index (χ2n) is 4.18. The molecule has 3 nitrogen and oxygen atoms in total. The number of nitrogens with zero attached hydrogens (tertiary/aromatic N) is 3. The SMILES string of the molecule is Clc1ccc(Cc2ncc3nc(Cl)cc(Cl)n23)c(Cl)c1. The van der Waals surface area contributed by atoms with Gasteiger partial charge >= 0.3 is 0 Å². The third-order valence-electron chi connectivity index (χ3n) is 2.85. The van der Waals surface area contributed by atoms with Crippen molar-refractivity contribution in [2.75, 3.05) is 0 Å². The number of benzene rings is 1. The fourth-order valence-electron chi connectivity index (χ4n) is 1.96. The molecule has 0 saturated heterocycles. The van der Waals surface area contributed by atoms with Gasteiger partial charge in [0.15, 0.2) is 5.65 Å². The van der Waals surface area contributed by atoms with Crippen molar-refractivity contribution >= 4 is 52.1 Å². The first-order valence-corrected chi connectivity index (χ1v) is 7.18. The molecule has 1 aromatic carbocycles. The summed E-state index contributed by atoms with van der Waals surface area (Å²) in [7, 11) is 0. The Hall–Kier alpha value is -1.000. The average molecular weight is 347 g/mol. The molecule has 0 atom stereocenters. The molecule has 0 bridgehead atoms. The molecule has 2 aromatic heterocycles. The molecule has 0 aliphatic rings. The maximum absolute atomic E-state index is 6.18. The van der Waals surface area contributed by atoms with Crippen molar-refractivity contribution in [3.05, 3.63) is 62.2 Å². The summed E-state index contributed by atoms with van der Waals surface area (Å²) in [6.45, 7) is 0. The van der Waals surface area contributed by atoms with E-state index in [1.165, 1.54) is 0 Å². The number of aromatic nitrogens is 3. The third kappa shape index (κ3) is 2.59. The fraction of sp³-hybridized carbons (Fsp3) is 0.0769. The van der Waals surface area contributed by atoms with Crippen LogP contribution in [0.1, 0.15) is 11.4 Å². The highest BCUT2D eigenvalue weighted by Crippen LogP contribution is 2.25. The number of hydrogen-bond acceptors (Lipinski definition) is 2. The van der Waals surface area contributed by atoms with Gasteiger partial charge in [-0.25, -0.2) is 9.97 Å². The zero-order valence-corrected chi connectivity index (χ0v) is 13.0. The maximum Gasteiger partial charge on any atom is 0.159 e. The minimum atomic E-state index is 0.332. The Morgan fingerprint density at radius 3 is 2.60 bits per heavy atom. The molecule has 7 heteroatoms. The highest BCUT2D eigenvalue weighted by atomic mass is 35.5. The predicted molar refractivity (Wildman–Crippen MR) is 82.3 cm³/mol. The Morgan fingerprint density at radius 2 is 1.85 bits per heavy atom. The minimum Gasteiger partial charge on any atom is -0.270 e. The maximum atomic E-state index is 6.18. The van der Waals surface area contributed by atoms with E-state index in [4.69, 9.17) is 46.4 Å². The van der Waals surface area contributed by atoms with Crippen molar-refractivity contribution in [1.29, 1.82) is 0 Å². The van der Waals surface area contributed by atoms with E-state index < -0.39 is 0 Å². The molecular formula is C13H7Cl4N3. The molecule has 0 spiro atoms. The Morgan fingerprint density at radius 1 is 1.05 bits per heavy atom. The molecule has 0 amide bonds. The van der Waals surface area contributed by atoms with Crippen LogP contribution in [-0.4, -0.2) is 14.4 Å². The zero-order chi connectivity index (χ0) is 14.3. The number of fused-ring (bicyclic) bond motifs is 1. The van der Waals surface area contributed by atoms with Crippen LogP contribution in [0.15, 0.2) is 30.5 Å². The normalized spacial score (nSPS) is 11.2. The van der Waals surface area contributed by atoms with E-state index in [9.17, 15) is 0 Å². The monoisotopic (exact) mass is 345 g/mol. The quantitative estimate of drug-likeness (QED) is 0.615. The largest absolute Gasteiger partial charge is 0.270 e. The second-order valence-corrected chi connectivity index (χ2v) is 5.80. The molecule has 2 heterocycles. The van der Waals surface area contributed by atoms with Crippen LogP contribution in [0.3, 0.4) is 0 Å². The molecule has 0 N–H and O–H groups in total. The van der Waals surface area contributed by atoms with Crippen LogP contribution >= 0.6 is 46.4 Å². The van der Waals surface area contributed by atoms with Crippen molar-refractivity contribution in [1.82, 2.24) is 14.4 Å². The van der Waals surface area contributed by atoms with E-state index in [1.54, 1.807) is 28.8 Å². The standard InChI is InChI=1S/C13H7Cl4N3/c14-8-2-1-7(9(15)4-8)3-12-18-6-13-19-10(16)5-11(17)20(12)13/h1-2,4-6H,3H2. The van der Waals surface area contributed by atoms with E-state index in [0.29, 0.717) is 32.4 Å². The molecule has 0 aliphatic carbocycles. The van der Waals surface area contributed by atoms with E-state index in [0.717, 1.165) is 11.4 Å². The molecule has 20 heavy (non-hydrogen) atoms. The first-order chi connectivity index (χ1) is 9.54. The lowest BCUT2D eigenvalue weighted by atomic mass is 10.1. The summed E-state index contributed by atoms with van der Waals surface area (Å²) in [6.07, 6.45) is 2.14. The lowest BCUT2D eigenvalue weighted by molar-refractivity contribution is 0.952. The van der Waals surface area contributed by atoms with Crippen LogP contribution in [-0.2, 0) is 6.42 Å². The topological polar surface area (TPSA) is 30.2 Å². The Balaban J connectivity index is 2.07. The molecule has 0 saturated carbocycles. The van der Waals surface area contributed by atoms with Crippen LogP contribution < -0.4 is 0 Å². The lowest BCUT2D eigenvalue weighted by Gasteiger charge is -2.06. The molecular weight excluding hydrogens is 340 g/mol. The van der Waals surface area contributed by atoms with Gasteiger partial charge in [-0.3, -0.25) is 4.40 Å². The number of hydrogen-bond donors (Lipinski definition) is 0. The van der Waals surface area contributed by atoms with Crippen LogP contribution in [0.4, 0.5) is 0 Å². The van der Waals surface area contributed by atoms with E-state index >= 15 is 0 Å². The molecule has 0 aliphatic heterocycles. The van der Waals surface area contributed by atoms with Gasteiger partial charge in [0.05, 0.1) is 6.20 Å². The van der Waals surface area contributed by atoms with Crippen LogP contribution in [0.5, 0.6) is 0 Å². The van der Waals surface area contributed by atoms with Gasteiger partial charge in [-0.1, -0.05) is 52.5 Å². The highest BCUT2D eigenvalue weighted by Gasteiger charge is 2.12. The molecule has 0 unspecified atom stereocenters. The minimum absolute atomic E-state index is 0.332. The van der Waals surface area contributed by atoms with Crippen LogP contribution in [0, 0.1) is 0 Å². The number of halogens is 4. The van der Waals surface area contributed by atoms with E-state index in [2.05, 4.69) is 9.97 Å². The molecule has 0 fully saturated rings. The molecule has 102 valence electrons.